The third-order valence-corrected chi connectivity index (χ3v) is 3.32. The van der Waals surface area contributed by atoms with Gasteiger partial charge in [-0.15, -0.1) is 0 Å². The number of amides is 1. The monoisotopic (exact) mass is 281 g/mol. The van der Waals surface area contributed by atoms with Crippen molar-refractivity contribution in [2.24, 2.45) is 5.92 Å². The van der Waals surface area contributed by atoms with E-state index in [1.165, 1.54) is 0 Å². The van der Waals surface area contributed by atoms with Gasteiger partial charge in [0.1, 0.15) is 5.76 Å². The Morgan fingerprint density at radius 1 is 1.30 bits per heavy atom. The van der Waals surface area contributed by atoms with E-state index in [1.54, 1.807) is 6.07 Å². The molecule has 1 aromatic rings. The highest BCUT2D eigenvalue weighted by Gasteiger charge is 2.20. The molecule has 5 heteroatoms. The van der Waals surface area contributed by atoms with Crippen molar-refractivity contribution in [3.63, 3.8) is 0 Å². The fourth-order valence-corrected chi connectivity index (χ4v) is 2.14. The van der Waals surface area contributed by atoms with Gasteiger partial charge in [0.2, 0.25) is 0 Å². The van der Waals surface area contributed by atoms with Crippen LogP contribution in [0.5, 0.6) is 0 Å². The van der Waals surface area contributed by atoms with E-state index in [2.05, 4.69) is 5.32 Å². The lowest BCUT2D eigenvalue weighted by Crippen LogP contribution is -2.32. The van der Waals surface area contributed by atoms with Gasteiger partial charge >= 0.3 is 5.97 Å². The van der Waals surface area contributed by atoms with Crippen LogP contribution >= 0.6 is 0 Å². The molecule has 5 nitrogen and oxygen atoms in total. The molecule has 1 unspecified atom stereocenters. The van der Waals surface area contributed by atoms with Gasteiger partial charge in [-0.05, 0) is 24.5 Å². The van der Waals surface area contributed by atoms with Gasteiger partial charge in [0.25, 0.3) is 5.91 Å². The third-order valence-electron chi connectivity index (χ3n) is 3.32. The van der Waals surface area contributed by atoms with Crippen molar-refractivity contribution in [2.45, 2.75) is 46.5 Å². The zero-order valence-corrected chi connectivity index (χ0v) is 12.4. The van der Waals surface area contributed by atoms with Gasteiger partial charge < -0.3 is 14.8 Å². The topological polar surface area (TPSA) is 79.5 Å². The van der Waals surface area contributed by atoms with Crippen molar-refractivity contribution in [3.05, 3.63) is 23.2 Å². The second-order valence-electron chi connectivity index (χ2n) is 4.80. The molecular weight excluding hydrogens is 258 g/mol. The molecule has 0 fully saturated rings. The van der Waals surface area contributed by atoms with Gasteiger partial charge in [0, 0.05) is 13.0 Å². The quantitative estimate of drug-likeness (QED) is 0.767. The molecule has 1 amide bonds. The van der Waals surface area contributed by atoms with Gasteiger partial charge in [-0.25, -0.2) is 0 Å². The second kappa shape index (κ2) is 7.72. The molecule has 0 radical (unpaired) electrons. The van der Waals surface area contributed by atoms with E-state index in [4.69, 9.17) is 9.52 Å². The number of nitrogens with one attached hydrogen (secondary N) is 1. The van der Waals surface area contributed by atoms with Crippen LogP contribution < -0.4 is 5.32 Å². The molecule has 1 heterocycles. The molecule has 0 aromatic carbocycles. The number of carbonyl (C=O) groups excluding carboxylic acids is 1. The summed E-state index contributed by atoms with van der Waals surface area (Å²) in [4.78, 5) is 23.0. The summed E-state index contributed by atoms with van der Waals surface area (Å²) in [6.07, 6.45) is 2.87. The summed E-state index contributed by atoms with van der Waals surface area (Å²) >= 11 is 0. The van der Waals surface area contributed by atoms with Crippen LogP contribution in [0.15, 0.2) is 10.5 Å². The Morgan fingerprint density at radius 3 is 2.45 bits per heavy atom. The summed E-state index contributed by atoms with van der Waals surface area (Å²) < 4.78 is 5.51. The Bertz CT molecular complexity index is 443. The maximum atomic E-state index is 12.0. The van der Waals surface area contributed by atoms with Crippen LogP contribution in [0.2, 0.25) is 0 Å². The Labute approximate surface area is 119 Å². The van der Waals surface area contributed by atoms with Crippen LogP contribution in [0.1, 0.15) is 55.5 Å². The first-order valence-corrected chi connectivity index (χ1v) is 7.15. The first-order valence-electron chi connectivity index (χ1n) is 7.15. The van der Waals surface area contributed by atoms with E-state index in [0.29, 0.717) is 6.42 Å². The average molecular weight is 281 g/mol. The molecule has 112 valence electrons. The zero-order chi connectivity index (χ0) is 15.1. The lowest BCUT2D eigenvalue weighted by Gasteiger charge is -2.11. The average Bonchev–Trinajstić information content (AvgIpc) is 2.86. The van der Waals surface area contributed by atoms with E-state index < -0.39 is 11.9 Å². The summed E-state index contributed by atoms with van der Waals surface area (Å²) in [5.74, 6) is -0.688. The highest BCUT2D eigenvalue weighted by Crippen LogP contribution is 2.17. The molecule has 20 heavy (non-hydrogen) atoms. The predicted molar refractivity (Wildman–Crippen MR) is 75.8 cm³/mol. The number of furan rings is 1. The maximum absolute atomic E-state index is 12.0. The molecule has 0 bridgehead atoms. The van der Waals surface area contributed by atoms with Crippen LogP contribution in [0, 0.1) is 5.92 Å². The number of carbonyl (C=O) groups is 2. The first kappa shape index (κ1) is 16.3. The lowest BCUT2D eigenvalue weighted by atomic mass is 10.0. The molecule has 0 aliphatic carbocycles. The number of hydrogen-bond donors (Lipinski definition) is 2. The van der Waals surface area contributed by atoms with E-state index in [1.807, 2.05) is 20.8 Å². The second-order valence-corrected chi connectivity index (χ2v) is 4.80. The molecule has 0 spiro atoms. The smallest absolute Gasteiger partial charge is 0.308 e. The molecule has 0 aliphatic rings. The van der Waals surface area contributed by atoms with Crippen LogP contribution in [-0.2, 0) is 17.6 Å². The minimum atomic E-state index is -0.880. The minimum absolute atomic E-state index is 0.131. The normalized spacial score (nSPS) is 12.2. The van der Waals surface area contributed by atoms with Crippen LogP contribution in [0.3, 0.4) is 0 Å². The summed E-state index contributed by atoms with van der Waals surface area (Å²) in [6.45, 7) is 6.03. The highest BCUT2D eigenvalue weighted by molar-refractivity contribution is 5.92. The van der Waals surface area contributed by atoms with Crippen molar-refractivity contribution in [2.75, 3.05) is 6.54 Å². The molecule has 1 rings (SSSR count). The fourth-order valence-electron chi connectivity index (χ4n) is 2.14. The molecule has 2 N–H and O–H groups in total. The molecule has 1 aromatic heterocycles. The van der Waals surface area contributed by atoms with Crippen LogP contribution in [-0.4, -0.2) is 23.5 Å². The lowest BCUT2D eigenvalue weighted by molar-refractivity contribution is -0.141. The Morgan fingerprint density at radius 2 is 2.00 bits per heavy atom. The van der Waals surface area contributed by atoms with Crippen molar-refractivity contribution in [1.29, 1.82) is 0 Å². The minimum Gasteiger partial charge on any atom is -0.481 e. The Kier molecular flexibility index (Phi) is 6.28. The van der Waals surface area contributed by atoms with E-state index >= 15 is 0 Å². The summed E-state index contributed by atoms with van der Waals surface area (Å²) in [6, 6.07) is 1.74. The molecule has 0 saturated heterocycles. The SMILES string of the molecule is CCCC(CNC(=O)c1cc(CC)c(CC)o1)C(=O)O. The fraction of sp³-hybridized carbons (Fsp3) is 0.600. The number of aryl methyl sites for hydroxylation is 2. The highest BCUT2D eigenvalue weighted by atomic mass is 16.4. The Balaban J connectivity index is 2.66. The van der Waals surface area contributed by atoms with Gasteiger partial charge in [0.05, 0.1) is 5.92 Å². The van der Waals surface area contributed by atoms with Gasteiger partial charge in [-0.2, -0.15) is 0 Å². The summed E-state index contributed by atoms with van der Waals surface area (Å²) in [7, 11) is 0. The zero-order valence-electron chi connectivity index (χ0n) is 12.4. The van der Waals surface area contributed by atoms with Gasteiger partial charge in [-0.3, -0.25) is 9.59 Å². The van der Waals surface area contributed by atoms with Gasteiger partial charge in [0.15, 0.2) is 5.76 Å². The number of carboxylic acids is 1. The van der Waals surface area contributed by atoms with Crippen molar-refractivity contribution in [3.8, 4) is 0 Å². The molecular formula is C15H23NO4. The van der Waals surface area contributed by atoms with E-state index in [9.17, 15) is 9.59 Å². The number of aliphatic carboxylic acids is 1. The Hall–Kier alpha value is -1.78. The summed E-state index contributed by atoms with van der Waals surface area (Å²) in [5, 5.41) is 11.7. The molecule has 1 atom stereocenters. The predicted octanol–water partition coefficient (Wildman–Crippen LogP) is 2.64. The largest absolute Gasteiger partial charge is 0.481 e. The van der Waals surface area contributed by atoms with Crippen molar-refractivity contribution >= 4 is 11.9 Å². The van der Waals surface area contributed by atoms with Crippen molar-refractivity contribution in [1.82, 2.24) is 5.32 Å². The van der Waals surface area contributed by atoms with Crippen LogP contribution in [0.4, 0.5) is 0 Å². The van der Waals surface area contributed by atoms with Crippen LogP contribution in [0.25, 0.3) is 0 Å². The standard InChI is InChI=1S/C15H23NO4/c1-4-7-11(15(18)19)9-16-14(17)13-8-10(5-2)12(6-3)20-13/h8,11H,4-7,9H2,1-3H3,(H,16,17)(H,18,19). The summed E-state index contributed by atoms with van der Waals surface area (Å²) in [5.41, 5.74) is 1.03. The number of carboxylic acid groups (broad SMARTS) is 1. The maximum Gasteiger partial charge on any atom is 0.308 e. The molecule has 0 aliphatic heterocycles. The van der Waals surface area contributed by atoms with Gasteiger partial charge in [-0.1, -0.05) is 27.2 Å². The number of hydrogen-bond acceptors (Lipinski definition) is 3. The van der Waals surface area contributed by atoms with E-state index in [-0.39, 0.29) is 18.2 Å². The van der Waals surface area contributed by atoms with Crippen molar-refractivity contribution < 1.29 is 19.1 Å². The molecule has 0 saturated carbocycles. The number of rotatable bonds is 8. The first-order chi connectivity index (χ1) is 9.53. The van der Waals surface area contributed by atoms with E-state index in [0.717, 1.165) is 30.6 Å². The third kappa shape index (κ3) is 4.11.